The lowest BCUT2D eigenvalue weighted by Gasteiger charge is -2.17. The van der Waals surface area contributed by atoms with Gasteiger partial charge in [0.2, 0.25) is 5.91 Å². The molecule has 0 unspecified atom stereocenters. The number of rotatable bonds is 6. The SMILES string of the molecule is CC[C@H](C)c1ccccc1NC(=O)[C@@H](C)Sc1ccc(Br)cc1. The number of benzene rings is 2. The van der Waals surface area contributed by atoms with Crippen LogP contribution in [0.25, 0.3) is 0 Å². The summed E-state index contributed by atoms with van der Waals surface area (Å²) < 4.78 is 1.04. The second kappa shape index (κ2) is 8.55. The smallest absolute Gasteiger partial charge is 0.237 e. The summed E-state index contributed by atoms with van der Waals surface area (Å²) in [6.07, 6.45) is 1.05. The Morgan fingerprint density at radius 3 is 2.43 bits per heavy atom. The van der Waals surface area contributed by atoms with E-state index in [0.29, 0.717) is 5.92 Å². The van der Waals surface area contributed by atoms with E-state index >= 15 is 0 Å². The van der Waals surface area contributed by atoms with E-state index in [9.17, 15) is 4.79 Å². The highest BCUT2D eigenvalue weighted by Gasteiger charge is 2.17. The number of anilines is 1. The van der Waals surface area contributed by atoms with Gasteiger partial charge in [0, 0.05) is 15.1 Å². The molecule has 0 aliphatic carbocycles. The van der Waals surface area contributed by atoms with Crippen LogP contribution in [0.5, 0.6) is 0 Å². The molecule has 2 atom stereocenters. The molecular formula is C19H22BrNOS. The van der Waals surface area contributed by atoms with Gasteiger partial charge in [-0.1, -0.05) is 48.0 Å². The average molecular weight is 392 g/mol. The number of amides is 1. The molecule has 2 aromatic carbocycles. The van der Waals surface area contributed by atoms with Gasteiger partial charge in [0.1, 0.15) is 0 Å². The van der Waals surface area contributed by atoms with Crippen molar-refractivity contribution in [2.24, 2.45) is 0 Å². The van der Waals surface area contributed by atoms with Crippen molar-refractivity contribution in [3.8, 4) is 0 Å². The highest BCUT2D eigenvalue weighted by molar-refractivity contribution is 9.10. The molecule has 2 aromatic rings. The van der Waals surface area contributed by atoms with Crippen LogP contribution in [0.4, 0.5) is 5.69 Å². The van der Waals surface area contributed by atoms with Crippen molar-refractivity contribution in [1.82, 2.24) is 0 Å². The van der Waals surface area contributed by atoms with Crippen molar-refractivity contribution in [1.29, 1.82) is 0 Å². The predicted octanol–water partition coefficient (Wildman–Crippen LogP) is 6.08. The largest absolute Gasteiger partial charge is 0.325 e. The third kappa shape index (κ3) is 5.11. The van der Waals surface area contributed by atoms with Gasteiger partial charge in [0.05, 0.1) is 5.25 Å². The van der Waals surface area contributed by atoms with E-state index in [4.69, 9.17) is 0 Å². The minimum Gasteiger partial charge on any atom is -0.325 e. The van der Waals surface area contributed by atoms with Crippen molar-refractivity contribution in [2.75, 3.05) is 5.32 Å². The van der Waals surface area contributed by atoms with E-state index in [2.05, 4.69) is 41.2 Å². The highest BCUT2D eigenvalue weighted by Crippen LogP contribution is 2.29. The summed E-state index contributed by atoms with van der Waals surface area (Å²) in [6, 6.07) is 16.1. The number of hydrogen-bond acceptors (Lipinski definition) is 2. The van der Waals surface area contributed by atoms with Gasteiger partial charge in [-0.25, -0.2) is 0 Å². The summed E-state index contributed by atoms with van der Waals surface area (Å²) in [5.41, 5.74) is 2.12. The summed E-state index contributed by atoms with van der Waals surface area (Å²) in [5.74, 6) is 0.467. The average Bonchev–Trinajstić information content (AvgIpc) is 2.56. The molecule has 2 nitrogen and oxygen atoms in total. The minimum absolute atomic E-state index is 0.0358. The fourth-order valence-electron chi connectivity index (χ4n) is 2.27. The number of hydrogen-bond donors (Lipinski definition) is 1. The van der Waals surface area contributed by atoms with E-state index in [1.54, 1.807) is 11.8 Å². The Labute approximate surface area is 151 Å². The third-order valence-electron chi connectivity index (χ3n) is 3.86. The van der Waals surface area contributed by atoms with E-state index in [-0.39, 0.29) is 11.2 Å². The zero-order chi connectivity index (χ0) is 16.8. The fraction of sp³-hybridized carbons (Fsp3) is 0.316. The van der Waals surface area contributed by atoms with E-state index < -0.39 is 0 Å². The zero-order valence-corrected chi connectivity index (χ0v) is 16.1. The minimum atomic E-state index is -0.152. The van der Waals surface area contributed by atoms with Crippen LogP contribution in [0.15, 0.2) is 57.9 Å². The van der Waals surface area contributed by atoms with Gasteiger partial charge in [-0.2, -0.15) is 0 Å². The summed E-state index contributed by atoms with van der Waals surface area (Å²) in [5, 5.41) is 2.94. The molecule has 0 spiro atoms. The number of carbonyl (C=O) groups excluding carboxylic acids is 1. The Morgan fingerprint density at radius 2 is 1.78 bits per heavy atom. The first-order valence-electron chi connectivity index (χ1n) is 7.83. The Kier molecular flexibility index (Phi) is 6.72. The van der Waals surface area contributed by atoms with Crippen molar-refractivity contribution >= 4 is 39.3 Å². The molecule has 1 amide bonds. The van der Waals surface area contributed by atoms with E-state index in [1.807, 2.05) is 49.4 Å². The summed E-state index contributed by atoms with van der Waals surface area (Å²) in [7, 11) is 0. The van der Waals surface area contributed by atoms with Gasteiger partial charge in [0.25, 0.3) is 0 Å². The first kappa shape index (κ1) is 18.1. The van der Waals surface area contributed by atoms with Crippen LogP contribution in [0.3, 0.4) is 0 Å². The standard InChI is InChI=1S/C19H22BrNOS/c1-4-13(2)17-7-5-6-8-18(17)21-19(22)14(3)23-16-11-9-15(20)10-12-16/h5-14H,4H2,1-3H3,(H,21,22)/t13-,14+/m0/s1. The molecule has 122 valence electrons. The van der Waals surface area contributed by atoms with Crippen LogP contribution in [-0.2, 0) is 4.79 Å². The molecule has 0 aliphatic heterocycles. The first-order valence-corrected chi connectivity index (χ1v) is 9.50. The molecule has 0 bridgehead atoms. The normalized spacial score (nSPS) is 13.4. The molecule has 23 heavy (non-hydrogen) atoms. The maximum atomic E-state index is 12.5. The van der Waals surface area contributed by atoms with Crippen LogP contribution in [0.2, 0.25) is 0 Å². The zero-order valence-electron chi connectivity index (χ0n) is 13.7. The van der Waals surface area contributed by atoms with E-state index in [1.165, 1.54) is 5.56 Å². The number of halogens is 1. The highest BCUT2D eigenvalue weighted by atomic mass is 79.9. The lowest BCUT2D eigenvalue weighted by molar-refractivity contribution is -0.115. The summed E-state index contributed by atoms with van der Waals surface area (Å²) in [6.45, 7) is 6.29. The number of thioether (sulfide) groups is 1. The van der Waals surface area contributed by atoms with Crippen LogP contribution < -0.4 is 5.32 Å². The summed E-state index contributed by atoms with van der Waals surface area (Å²) >= 11 is 4.99. The van der Waals surface area contributed by atoms with Crippen molar-refractivity contribution in [2.45, 2.75) is 43.3 Å². The molecule has 0 aliphatic rings. The molecule has 0 radical (unpaired) electrons. The quantitative estimate of drug-likeness (QED) is 0.604. The Morgan fingerprint density at radius 1 is 1.13 bits per heavy atom. The second-order valence-electron chi connectivity index (χ2n) is 5.60. The maximum Gasteiger partial charge on any atom is 0.237 e. The van der Waals surface area contributed by atoms with Crippen LogP contribution >= 0.6 is 27.7 Å². The molecule has 0 saturated carbocycles. The van der Waals surface area contributed by atoms with Crippen LogP contribution in [-0.4, -0.2) is 11.2 Å². The molecule has 0 aromatic heterocycles. The van der Waals surface area contributed by atoms with Crippen molar-refractivity contribution in [3.63, 3.8) is 0 Å². The second-order valence-corrected chi connectivity index (χ2v) is 7.93. The molecule has 1 N–H and O–H groups in total. The third-order valence-corrected chi connectivity index (χ3v) is 5.50. The van der Waals surface area contributed by atoms with Gasteiger partial charge < -0.3 is 5.32 Å². The number of para-hydroxylation sites is 1. The van der Waals surface area contributed by atoms with Crippen molar-refractivity contribution in [3.05, 3.63) is 58.6 Å². The van der Waals surface area contributed by atoms with Gasteiger partial charge in [-0.15, -0.1) is 11.8 Å². The Hall–Kier alpha value is -1.26. The Bertz CT molecular complexity index is 657. The molecular weight excluding hydrogens is 370 g/mol. The van der Waals surface area contributed by atoms with Gasteiger partial charge in [-0.05, 0) is 55.2 Å². The Balaban J connectivity index is 2.05. The lowest BCUT2D eigenvalue weighted by Crippen LogP contribution is -2.23. The maximum absolute atomic E-state index is 12.5. The predicted molar refractivity (Wildman–Crippen MR) is 103 cm³/mol. The van der Waals surface area contributed by atoms with Crippen molar-refractivity contribution < 1.29 is 4.79 Å². The molecule has 0 heterocycles. The van der Waals surface area contributed by atoms with Crippen LogP contribution in [0.1, 0.15) is 38.7 Å². The molecule has 4 heteroatoms. The molecule has 2 rings (SSSR count). The van der Waals surface area contributed by atoms with Gasteiger partial charge >= 0.3 is 0 Å². The number of nitrogens with one attached hydrogen (secondary N) is 1. The van der Waals surface area contributed by atoms with Gasteiger partial charge in [-0.3, -0.25) is 4.79 Å². The first-order chi connectivity index (χ1) is 11.0. The molecule has 0 saturated heterocycles. The lowest BCUT2D eigenvalue weighted by atomic mass is 9.97. The monoisotopic (exact) mass is 391 g/mol. The summed E-state index contributed by atoms with van der Waals surface area (Å²) in [4.78, 5) is 13.6. The fourth-order valence-corrected chi connectivity index (χ4v) is 3.40. The molecule has 0 fully saturated rings. The van der Waals surface area contributed by atoms with Gasteiger partial charge in [0.15, 0.2) is 0 Å². The number of carbonyl (C=O) groups is 1. The van der Waals surface area contributed by atoms with Crippen LogP contribution in [0, 0.1) is 0 Å². The topological polar surface area (TPSA) is 29.1 Å². The van der Waals surface area contributed by atoms with E-state index in [0.717, 1.165) is 21.5 Å².